The Kier molecular flexibility index (Phi) is 11.1. The van der Waals surface area contributed by atoms with Crippen LogP contribution in [0, 0.1) is 5.92 Å². The molecule has 2 amide bonds. The Labute approximate surface area is 225 Å². The van der Waals surface area contributed by atoms with Gasteiger partial charge in [0.05, 0.1) is 43.5 Å². The van der Waals surface area contributed by atoms with Crippen LogP contribution in [0.2, 0.25) is 0 Å². The molecule has 3 rings (SSSR count). The summed E-state index contributed by atoms with van der Waals surface area (Å²) in [6, 6.07) is -0.0930. The molecule has 0 aliphatic carbocycles. The van der Waals surface area contributed by atoms with E-state index in [1.807, 2.05) is 26.0 Å². The van der Waals surface area contributed by atoms with Crippen LogP contribution in [0.5, 0.6) is 0 Å². The molecule has 3 aliphatic heterocycles. The van der Waals surface area contributed by atoms with Crippen molar-refractivity contribution in [2.75, 3.05) is 19.7 Å². The van der Waals surface area contributed by atoms with Crippen molar-refractivity contribution < 1.29 is 34.0 Å². The van der Waals surface area contributed by atoms with Crippen LogP contribution in [0.15, 0.2) is 36.0 Å². The van der Waals surface area contributed by atoms with Gasteiger partial charge < -0.3 is 40.8 Å². The van der Waals surface area contributed by atoms with Crippen LogP contribution in [-0.4, -0.2) is 90.0 Å². The van der Waals surface area contributed by atoms with Crippen molar-refractivity contribution in [2.45, 2.75) is 102 Å². The summed E-state index contributed by atoms with van der Waals surface area (Å²) in [5.74, 6) is -0.117. The van der Waals surface area contributed by atoms with Gasteiger partial charge >= 0.3 is 0 Å². The van der Waals surface area contributed by atoms with Crippen molar-refractivity contribution in [2.24, 2.45) is 11.7 Å². The second-order valence-electron chi connectivity index (χ2n) is 10.9. The maximum Gasteiger partial charge on any atom is 0.244 e. The van der Waals surface area contributed by atoms with Gasteiger partial charge in [-0.3, -0.25) is 9.59 Å². The smallest absolute Gasteiger partial charge is 0.244 e. The van der Waals surface area contributed by atoms with Crippen LogP contribution >= 0.6 is 0 Å². The summed E-state index contributed by atoms with van der Waals surface area (Å²) in [5, 5.41) is 25.9. The zero-order chi connectivity index (χ0) is 27.9. The number of ether oxygens (including phenoxy) is 3. The third-order valence-electron chi connectivity index (χ3n) is 7.46. The number of nitrogens with two attached hydrogens (primary N) is 1. The lowest BCUT2D eigenvalue weighted by Gasteiger charge is -2.39. The summed E-state index contributed by atoms with van der Waals surface area (Å²) in [6.07, 6.45) is 8.38. The van der Waals surface area contributed by atoms with Crippen LogP contribution in [0.1, 0.15) is 53.4 Å². The minimum atomic E-state index is -0.792. The molecular weight excluding hydrogens is 490 g/mol. The second-order valence-corrected chi connectivity index (χ2v) is 10.9. The Morgan fingerprint density at radius 2 is 1.97 bits per heavy atom. The Balaban J connectivity index is 1.52. The fourth-order valence-electron chi connectivity index (χ4n) is 5.08. The van der Waals surface area contributed by atoms with E-state index in [4.69, 9.17) is 19.9 Å². The zero-order valence-corrected chi connectivity index (χ0v) is 23.0. The molecule has 10 heteroatoms. The molecule has 0 saturated carbocycles. The first-order chi connectivity index (χ1) is 18.0. The third kappa shape index (κ3) is 8.72. The van der Waals surface area contributed by atoms with Gasteiger partial charge in [-0.15, -0.1) is 0 Å². The summed E-state index contributed by atoms with van der Waals surface area (Å²) in [6.45, 7) is 8.92. The maximum atomic E-state index is 12.1. The molecule has 0 aromatic rings. The van der Waals surface area contributed by atoms with Crippen molar-refractivity contribution >= 4 is 11.8 Å². The lowest BCUT2D eigenvalue weighted by Crippen LogP contribution is -2.51. The number of carbonyl (C=O) groups excluding carboxylic acids is 2. The first-order valence-corrected chi connectivity index (χ1v) is 13.6. The third-order valence-corrected chi connectivity index (χ3v) is 7.46. The molecule has 0 aromatic heterocycles. The molecular formula is C28H45N3O7. The molecule has 38 heavy (non-hydrogen) atoms. The van der Waals surface area contributed by atoms with E-state index in [0.29, 0.717) is 26.1 Å². The van der Waals surface area contributed by atoms with Crippen LogP contribution < -0.4 is 16.4 Å². The van der Waals surface area contributed by atoms with Crippen molar-refractivity contribution in [3.8, 4) is 0 Å². The van der Waals surface area contributed by atoms with Crippen LogP contribution in [0.3, 0.4) is 0 Å². The van der Waals surface area contributed by atoms with E-state index in [2.05, 4.69) is 23.6 Å². The molecule has 0 bridgehead atoms. The summed E-state index contributed by atoms with van der Waals surface area (Å²) >= 11 is 0. The monoisotopic (exact) mass is 535 g/mol. The molecule has 3 saturated heterocycles. The normalized spacial score (nSPS) is 36.5. The van der Waals surface area contributed by atoms with Gasteiger partial charge in [0.25, 0.3) is 0 Å². The van der Waals surface area contributed by atoms with Crippen LogP contribution in [0.25, 0.3) is 0 Å². The van der Waals surface area contributed by atoms with E-state index in [1.54, 1.807) is 6.92 Å². The fraction of sp³-hybridized carbons (Fsp3) is 0.714. The molecule has 6 N–H and O–H groups in total. The lowest BCUT2D eigenvalue weighted by molar-refractivity contribution is -0.145. The average Bonchev–Trinajstić information content (AvgIpc) is 3.63. The minimum Gasteiger partial charge on any atom is -0.389 e. The molecule has 3 fully saturated rings. The molecule has 3 heterocycles. The number of aliphatic hydroxyl groups excluding tert-OH is 2. The fourth-order valence-corrected chi connectivity index (χ4v) is 5.08. The van der Waals surface area contributed by atoms with E-state index < -0.39 is 23.9 Å². The van der Waals surface area contributed by atoms with Crippen molar-refractivity contribution in [3.63, 3.8) is 0 Å². The Hall–Kier alpha value is -2.08. The summed E-state index contributed by atoms with van der Waals surface area (Å²) in [7, 11) is 0. The summed E-state index contributed by atoms with van der Waals surface area (Å²) < 4.78 is 17.9. The lowest BCUT2D eigenvalue weighted by atomic mass is 9.87. The predicted octanol–water partition coefficient (Wildman–Crippen LogP) is 0.867. The van der Waals surface area contributed by atoms with Gasteiger partial charge in [0, 0.05) is 25.6 Å². The van der Waals surface area contributed by atoms with Crippen molar-refractivity contribution in [1.82, 2.24) is 10.6 Å². The molecule has 3 unspecified atom stereocenters. The number of hydrogen-bond acceptors (Lipinski definition) is 8. The molecule has 0 aromatic carbocycles. The topological polar surface area (TPSA) is 156 Å². The molecule has 3 aliphatic rings. The molecule has 1 spiro atoms. The summed E-state index contributed by atoms with van der Waals surface area (Å²) in [4.78, 5) is 24.3. The number of nitrogens with one attached hydrogen (secondary N) is 2. The highest BCUT2D eigenvalue weighted by molar-refractivity contribution is 5.87. The summed E-state index contributed by atoms with van der Waals surface area (Å²) in [5.41, 5.74) is 5.83. The highest BCUT2D eigenvalue weighted by atomic mass is 16.6. The standard InChI is InChI=1S/C28H45N3O7/c1-17(5-8-23-18(2)13-22(20(4)37-23)31-25(33)10-7-19(3)32)6-9-24-27(35)28(16-36-28)15-21(38-24)14-26(34)30-12-11-29/h5-7,9-10,18-24,27,32,35H,8,11-16,29H2,1-4H3,(H,30,34)(H,31,33)/b9-6+,10-7+,17-5?/t18-,19+,20+,21+,22+,23-,24?,27?,28?/m0/s1. The molecule has 9 atom stereocenters. The van der Waals surface area contributed by atoms with Gasteiger partial charge in [-0.1, -0.05) is 36.8 Å². The van der Waals surface area contributed by atoms with E-state index in [9.17, 15) is 19.8 Å². The Morgan fingerprint density at radius 1 is 1.24 bits per heavy atom. The first kappa shape index (κ1) is 30.5. The second kappa shape index (κ2) is 13.8. The molecule has 214 valence electrons. The quantitative estimate of drug-likeness (QED) is 0.148. The van der Waals surface area contributed by atoms with E-state index in [-0.39, 0.29) is 48.5 Å². The Morgan fingerprint density at radius 3 is 2.63 bits per heavy atom. The van der Waals surface area contributed by atoms with Crippen LogP contribution in [-0.2, 0) is 23.8 Å². The number of aliphatic hydroxyl groups is 2. The highest BCUT2D eigenvalue weighted by Crippen LogP contribution is 2.43. The van der Waals surface area contributed by atoms with Gasteiger partial charge in [0.15, 0.2) is 0 Å². The number of carbonyl (C=O) groups is 2. The first-order valence-electron chi connectivity index (χ1n) is 13.6. The van der Waals surface area contributed by atoms with Crippen molar-refractivity contribution in [1.29, 1.82) is 0 Å². The largest absolute Gasteiger partial charge is 0.389 e. The SMILES string of the molecule is CC(=CC[C@@H]1O[C@H](C)[C@H](NC(=O)/C=C/[C@@H](C)O)C[C@@H]1C)/C=C/C1O[C@H](CC(=O)NCCN)CC2(CO2)C1O. The van der Waals surface area contributed by atoms with Gasteiger partial charge in [-0.2, -0.15) is 0 Å². The minimum absolute atomic E-state index is 0.0191. The highest BCUT2D eigenvalue weighted by Gasteiger charge is 2.58. The van der Waals surface area contributed by atoms with Crippen LogP contribution in [0.4, 0.5) is 0 Å². The number of amides is 2. The number of allylic oxidation sites excluding steroid dienone is 2. The molecule has 10 nitrogen and oxygen atoms in total. The number of epoxide rings is 1. The average molecular weight is 536 g/mol. The number of rotatable bonds is 11. The van der Waals surface area contributed by atoms with E-state index in [1.165, 1.54) is 12.2 Å². The predicted molar refractivity (Wildman–Crippen MR) is 143 cm³/mol. The zero-order valence-electron chi connectivity index (χ0n) is 23.0. The maximum absolute atomic E-state index is 12.1. The van der Waals surface area contributed by atoms with E-state index in [0.717, 1.165) is 18.4 Å². The van der Waals surface area contributed by atoms with Crippen molar-refractivity contribution in [3.05, 3.63) is 36.0 Å². The van der Waals surface area contributed by atoms with E-state index >= 15 is 0 Å². The Bertz CT molecular complexity index is 899. The van der Waals surface area contributed by atoms with Gasteiger partial charge in [0.1, 0.15) is 17.8 Å². The van der Waals surface area contributed by atoms with Gasteiger partial charge in [0.2, 0.25) is 11.8 Å². The number of hydrogen-bond donors (Lipinski definition) is 5. The van der Waals surface area contributed by atoms with Gasteiger partial charge in [-0.05, 0) is 39.5 Å². The van der Waals surface area contributed by atoms with Gasteiger partial charge in [-0.25, -0.2) is 0 Å². The molecule has 0 radical (unpaired) electrons.